The molecule has 0 atom stereocenters. The fourth-order valence-electron chi connectivity index (χ4n) is 3.94. The zero-order valence-electron chi connectivity index (χ0n) is 17.9. The number of carboxylic acid groups (broad SMARTS) is 1. The SMILES string of the molecule is O=C(O)c1cccc(N2CC(Oc3ccc(C=Cc4cccnc4)cc3)C2)c1-n1cccc1. The molecule has 1 saturated heterocycles. The molecule has 4 aromatic rings. The lowest BCUT2D eigenvalue weighted by atomic mass is 10.1. The molecule has 0 unspecified atom stereocenters. The molecular formula is C27H23N3O3. The average molecular weight is 437 g/mol. The number of aromatic carboxylic acids is 1. The molecule has 1 aliphatic heterocycles. The van der Waals surface area contributed by atoms with E-state index in [0.717, 1.165) is 22.6 Å². The maximum absolute atomic E-state index is 11.8. The highest BCUT2D eigenvalue weighted by Gasteiger charge is 2.31. The Hall–Kier alpha value is -4.32. The zero-order chi connectivity index (χ0) is 22.6. The standard InChI is InChI=1S/C27H23N3O3/c31-27(32)24-6-3-7-25(26(24)29-15-1-2-16-29)30-18-23(19-30)33-22-12-10-20(11-13-22)8-9-21-5-4-14-28-17-21/h1-17,23H,18-19H2,(H,31,32). The normalized spacial score (nSPS) is 13.8. The number of aromatic nitrogens is 2. The van der Waals surface area contributed by atoms with Gasteiger partial charge in [-0.3, -0.25) is 4.98 Å². The number of nitrogens with zero attached hydrogens (tertiary/aromatic N) is 3. The molecule has 0 saturated carbocycles. The first-order valence-electron chi connectivity index (χ1n) is 10.8. The van der Waals surface area contributed by atoms with Gasteiger partial charge in [0.05, 0.1) is 30.0 Å². The van der Waals surface area contributed by atoms with Crippen molar-refractivity contribution in [1.82, 2.24) is 9.55 Å². The van der Waals surface area contributed by atoms with Crippen LogP contribution in [0.25, 0.3) is 17.8 Å². The first-order chi connectivity index (χ1) is 16.2. The van der Waals surface area contributed by atoms with Gasteiger partial charge in [0.2, 0.25) is 0 Å². The van der Waals surface area contributed by atoms with Gasteiger partial charge in [-0.15, -0.1) is 0 Å². The zero-order valence-corrected chi connectivity index (χ0v) is 17.9. The van der Waals surface area contributed by atoms with Gasteiger partial charge in [-0.1, -0.05) is 36.4 Å². The Morgan fingerprint density at radius 3 is 2.39 bits per heavy atom. The summed E-state index contributed by atoms with van der Waals surface area (Å²) in [7, 11) is 0. The van der Waals surface area contributed by atoms with Crippen LogP contribution in [0.15, 0.2) is 91.5 Å². The van der Waals surface area contributed by atoms with Gasteiger partial charge in [-0.2, -0.15) is 0 Å². The van der Waals surface area contributed by atoms with Gasteiger partial charge in [0.1, 0.15) is 11.9 Å². The van der Waals surface area contributed by atoms with Crippen molar-refractivity contribution in [3.8, 4) is 11.4 Å². The van der Waals surface area contributed by atoms with E-state index < -0.39 is 5.97 Å². The van der Waals surface area contributed by atoms with Crippen LogP contribution in [0, 0.1) is 0 Å². The van der Waals surface area contributed by atoms with Crippen molar-refractivity contribution in [2.75, 3.05) is 18.0 Å². The van der Waals surface area contributed by atoms with Crippen LogP contribution in [0.4, 0.5) is 5.69 Å². The van der Waals surface area contributed by atoms with Crippen molar-refractivity contribution in [1.29, 1.82) is 0 Å². The topological polar surface area (TPSA) is 67.6 Å². The van der Waals surface area contributed by atoms with Crippen LogP contribution in [-0.4, -0.2) is 39.8 Å². The Bertz CT molecular complexity index is 1260. The molecule has 6 heteroatoms. The predicted octanol–water partition coefficient (Wildman–Crippen LogP) is 5.01. The number of carboxylic acids is 1. The lowest BCUT2D eigenvalue weighted by Gasteiger charge is -2.41. The van der Waals surface area contributed by atoms with Gasteiger partial charge >= 0.3 is 5.97 Å². The third kappa shape index (κ3) is 4.50. The van der Waals surface area contributed by atoms with Crippen molar-refractivity contribution in [3.05, 3.63) is 108 Å². The summed E-state index contributed by atoms with van der Waals surface area (Å²) in [5, 5.41) is 9.67. The van der Waals surface area contributed by atoms with Crippen LogP contribution in [0.3, 0.4) is 0 Å². The molecule has 5 rings (SSSR count). The van der Waals surface area contributed by atoms with Crippen molar-refractivity contribution >= 4 is 23.8 Å². The summed E-state index contributed by atoms with van der Waals surface area (Å²) < 4.78 is 7.98. The first-order valence-corrected chi connectivity index (χ1v) is 10.8. The molecule has 3 heterocycles. The molecule has 2 aromatic carbocycles. The predicted molar refractivity (Wildman–Crippen MR) is 129 cm³/mol. The third-order valence-electron chi connectivity index (χ3n) is 5.63. The highest BCUT2D eigenvalue weighted by Crippen LogP contribution is 2.32. The smallest absolute Gasteiger partial charge is 0.337 e. The summed E-state index contributed by atoms with van der Waals surface area (Å²) in [5.74, 6) is -0.116. The largest absolute Gasteiger partial charge is 0.487 e. The maximum atomic E-state index is 11.8. The van der Waals surface area contributed by atoms with E-state index in [1.165, 1.54) is 0 Å². The molecule has 2 aromatic heterocycles. The van der Waals surface area contributed by atoms with Gasteiger partial charge in [0.25, 0.3) is 0 Å². The number of pyridine rings is 1. The summed E-state index contributed by atoms with van der Waals surface area (Å²) in [4.78, 5) is 18.1. The summed E-state index contributed by atoms with van der Waals surface area (Å²) in [5.41, 5.74) is 3.99. The number of ether oxygens (including phenoxy) is 1. The monoisotopic (exact) mass is 437 g/mol. The minimum Gasteiger partial charge on any atom is -0.487 e. The molecule has 6 nitrogen and oxygen atoms in total. The molecule has 33 heavy (non-hydrogen) atoms. The van der Waals surface area contributed by atoms with Gasteiger partial charge in [0.15, 0.2) is 0 Å². The summed E-state index contributed by atoms with van der Waals surface area (Å²) in [6.45, 7) is 1.39. The second kappa shape index (κ2) is 9.04. The minimum absolute atomic E-state index is 0.0489. The number of carbonyl (C=O) groups is 1. The lowest BCUT2D eigenvalue weighted by Crippen LogP contribution is -2.54. The Labute approximate surface area is 192 Å². The molecule has 0 radical (unpaired) electrons. The van der Waals surface area contributed by atoms with Crippen LogP contribution in [-0.2, 0) is 0 Å². The third-order valence-corrected chi connectivity index (χ3v) is 5.63. The number of rotatable bonds is 7. The molecule has 164 valence electrons. The summed E-state index contributed by atoms with van der Waals surface area (Å²) in [6.07, 6.45) is 11.4. The van der Waals surface area contributed by atoms with Crippen LogP contribution in [0.1, 0.15) is 21.5 Å². The van der Waals surface area contributed by atoms with E-state index in [-0.39, 0.29) is 11.7 Å². The number of benzene rings is 2. The Balaban J connectivity index is 1.24. The maximum Gasteiger partial charge on any atom is 0.337 e. The molecular weight excluding hydrogens is 414 g/mol. The van der Waals surface area contributed by atoms with E-state index in [0.29, 0.717) is 18.8 Å². The van der Waals surface area contributed by atoms with E-state index >= 15 is 0 Å². The van der Waals surface area contributed by atoms with Gasteiger partial charge < -0.3 is 19.3 Å². The number of para-hydroxylation sites is 1. The highest BCUT2D eigenvalue weighted by atomic mass is 16.5. The fraction of sp³-hybridized carbons (Fsp3) is 0.111. The van der Waals surface area contributed by atoms with Crippen LogP contribution in [0.5, 0.6) is 5.75 Å². The van der Waals surface area contributed by atoms with E-state index in [1.807, 2.05) is 89.9 Å². The Morgan fingerprint density at radius 1 is 0.939 bits per heavy atom. The molecule has 1 aliphatic rings. The Morgan fingerprint density at radius 2 is 1.70 bits per heavy atom. The second-order valence-corrected chi connectivity index (χ2v) is 7.90. The quantitative estimate of drug-likeness (QED) is 0.440. The molecule has 0 aliphatic carbocycles. The molecule has 1 fully saturated rings. The number of anilines is 1. The van der Waals surface area contributed by atoms with Crippen molar-refractivity contribution in [2.24, 2.45) is 0 Å². The fourth-order valence-corrected chi connectivity index (χ4v) is 3.94. The van der Waals surface area contributed by atoms with Crippen molar-refractivity contribution in [2.45, 2.75) is 6.10 Å². The van der Waals surface area contributed by atoms with Gasteiger partial charge in [-0.05, 0) is 53.6 Å². The summed E-state index contributed by atoms with van der Waals surface area (Å²) >= 11 is 0. The van der Waals surface area contributed by atoms with E-state index in [4.69, 9.17) is 4.74 Å². The molecule has 0 amide bonds. The van der Waals surface area contributed by atoms with Gasteiger partial charge in [-0.25, -0.2) is 4.79 Å². The highest BCUT2D eigenvalue weighted by molar-refractivity contribution is 5.95. The summed E-state index contributed by atoms with van der Waals surface area (Å²) in [6, 6.07) is 21.1. The minimum atomic E-state index is -0.938. The molecule has 0 spiro atoms. The molecule has 0 bridgehead atoms. The van der Waals surface area contributed by atoms with E-state index in [2.05, 4.69) is 9.88 Å². The van der Waals surface area contributed by atoms with Crippen molar-refractivity contribution < 1.29 is 14.6 Å². The van der Waals surface area contributed by atoms with E-state index in [9.17, 15) is 9.90 Å². The first kappa shape index (κ1) is 20.6. The second-order valence-electron chi connectivity index (χ2n) is 7.90. The molecule has 1 N–H and O–H groups in total. The van der Waals surface area contributed by atoms with E-state index in [1.54, 1.807) is 18.3 Å². The Kier molecular flexibility index (Phi) is 5.64. The van der Waals surface area contributed by atoms with Crippen LogP contribution >= 0.6 is 0 Å². The van der Waals surface area contributed by atoms with Crippen LogP contribution < -0.4 is 9.64 Å². The van der Waals surface area contributed by atoms with Gasteiger partial charge in [0, 0.05) is 24.8 Å². The lowest BCUT2D eigenvalue weighted by molar-refractivity contribution is 0.0697. The number of hydrogen-bond acceptors (Lipinski definition) is 4. The van der Waals surface area contributed by atoms with Crippen LogP contribution in [0.2, 0.25) is 0 Å². The van der Waals surface area contributed by atoms with Crippen molar-refractivity contribution in [3.63, 3.8) is 0 Å². The average Bonchev–Trinajstić information content (AvgIpc) is 3.35. The number of hydrogen-bond donors (Lipinski definition) is 1.